The highest BCUT2D eigenvalue weighted by atomic mass is 31.2. The fourth-order valence-electron chi connectivity index (χ4n) is 18.3. The van der Waals surface area contributed by atoms with Gasteiger partial charge in [-0.1, -0.05) is 60.7 Å². The van der Waals surface area contributed by atoms with Crippen molar-refractivity contribution in [2.75, 3.05) is 150 Å². The number of hydrogen-bond donors (Lipinski definition) is 3. The van der Waals surface area contributed by atoms with Crippen LogP contribution in [-0.4, -0.2) is 183 Å². The smallest absolute Gasteiger partial charge is 0.476 e. The third-order valence-corrected chi connectivity index (χ3v) is 24.3. The molecule has 1 saturated heterocycles. The van der Waals surface area contributed by atoms with E-state index in [4.69, 9.17) is 41.4 Å². The van der Waals surface area contributed by atoms with Gasteiger partial charge in [0.05, 0.1) is 120 Å². The third kappa shape index (κ3) is 8.01. The number of likely N-dealkylation sites (tertiary alicyclic amines) is 1. The first-order chi connectivity index (χ1) is 44.7. The molecule has 1 aliphatic heterocycles. The van der Waals surface area contributed by atoms with Crippen LogP contribution in [0.25, 0.3) is 130 Å². The predicted octanol–water partition coefficient (Wildman–Crippen LogP) is 11.7. The van der Waals surface area contributed by atoms with E-state index in [2.05, 4.69) is 78.7 Å². The number of allylic oxidation sites excluding steroid dienone is 2. The Labute approximate surface area is 541 Å². The van der Waals surface area contributed by atoms with E-state index in [0.717, 1.165) is 5.56 Å². The molecule has 0 amide bonds. The Morgan fingerprint density at radius 1 is 0.426 bits per heavy atom. The average molecular weight is 1330 g/mol. The van der Waals surface area contributed by atoms with Gasteiger partial charge in [0.15, 0.2) is 18.2 Å². The van der Waals surface area contributed by atoms with Crippen molar-refractivity contribution < 1.29 is 83.2 Å². The molecule has 18 rings (SSSR count). The molecule has 2 spiro atoms. The van der Waals surface area contributed by atoms with Crippen LogP contribution in [0.4, 0.5) is 0 Å². The lowest BCUT2D eigenvalue weighted by molar-refractivity contribution is -0.887. The Kier molecular flexibility index (Phi) is 12.7. The van der Waals surface area contributed by atoms with Crippen LogP contribution in [-0.2, 0) is 51.7 Å². The minimum absolute atomic E-state index is 0.00488. The minimum atomic E-state index is -4.46. The van der Waals surface area contributed by atoms with Crippen LogP contribution in [0.15, 0.2) is 72.8 Å². The van der Waals surface area contributed by atoms with Crippen molar-refractivity contribution in [1.82, 2.24) is 4.90 Å². The Bertz CT molecular complexity index is 5620. The number of phosphoric acid groups is 3. The molecule has 1 heterocycles. The molecule has 6 atom stereocenters. The summed E-state index contributed by atoms with van der Waals surface area (Å²) in [7, 11) is 6.31. The number of fused-ring (bicyclic) bond motifs is 3. The number of benzene rings is 9. The van der Waals surface area contributed by atoms with Crippen LogP contribution in [0.1, 0.15) is 42.0 Å². The first kappa shape index (κ1) is 60.3. The molecular formula is C72H76N4O15P3+3. The van der Waals surface area contributed by atoms with E-state index >= 15 is 0 Å². The van der Waals surface area contributed by atoms with Gasteiger partial charge in [0.1, 0.15) is 26.3 Å². The molecule has 1 fully saturated rings. The normalized spacial score (nSPS) is 21.6. The van der Waals surface area contributed by atoms with Crippen LogP contribution in [0, 0.1) is 0 Å². The number of ether oxygens (including phenoxy) is 3. The summed E-state index contributed by atoms with van der Waals surface area (Å²) in [5.41, 5.74) is 4.79. The minimum Gasteiger partial charge on any atom is -0.489 e. The van der Waals surface area contributed by atoms with E-state index in [1.54, 1.807) is 0 Å². The number of likely N-dealkylation sites (N-methyl/N-ethyl adjacent to an activating group) is 3. The highest BCUT2D eigenvalue weighted by Crippen LogP contribution is 2.79. The number of quaternary nitrogens is 3. The second-order valence-corrected chi connectivity index (χ2v) is 34.5. The lowest BCUT2D eigenvalue weighted by Crippen LogP contribution is -2.52. The third-order valence-electron chi connectivity index (χ3n) is 21.3. The Hall–Kier alpha value is -6.15. The van der Waals surface area contributed by atoms with Gasteiger partial charge in [0, 0.05) is 31.4 Å². The highest BCUT2D eigenvalue weighted by molar-refractivity contribution is 7.47. The summed E-state index contributed by atoms with van der Waals surface area (Å²) in [6.45, 7) is 1.16. The van der Waals surface area contributed by atoms with Crippen molar-refractivity contribution in [3.05, 3.63) is 99.9 Å². The standard InChI is InChI=1S/C72H73N4O15P3/c1-73-36-71-47-23-24-48-45-21-19-43-41-17-15-39-38-14-16-40-42-18-20-44(47)56-54(42)59-52(40)50(38)58-51(39)53(41)60-55(43)57(45)67(65-63(60)61(58)62(59)64(65)66(56)71)72(48,71)70(73)46-22-25-49(83-28-11-31-86-92(77,78)89-34-26-74(2,3)4)69(85-30-13-32-87-93(79,80)90-35-27-75(5,6)7)68(46)84-29-12-33-88-94(81,82)91-37-76(8,9)10/h14-25,70H,11-13,26-37H2,1-10H3/p+3. The molecule has 13 aromatic carbocycles. The first-order valence-corrected chi connectivity index (χ1v) is 37.1. The fourth-order valence-corrected chi connectivity index (χ4v) is 20.7. The summed E-state index contributed by atoms with van der Waals surface area (Å²) in [6.07, 6.45) is 5.41. The van der Waals surface area contributed by atoms with E-state index in [-0.39, 0.29) is 89.1 Å². The second-order valence-electron chi connectivity index (χ2n) is 30.1. The zero-order chi connectivity index (χ0) is 65.1. The highest BCUT2D eigenvalue weighted by Gasteiger charge is 2.74. The first-order valence-electron chi connectivity index (χ1n) is 32.6. The van der Waals surface area contributed by atoms with Gasteiger partial charge in [-0.15, -0.1) is 0 Å². The average Bonchev–Trinajstić information content (AvgIpc) is 1.42. The fraction of sp³-hybridized carbons (Fsp3) is 0.389. The summed E-state index contributed by atoms with van der Waals surface area (Å²) in [5, 5.41) is 32.3. The van der Waals surface area contributed by atoms with E-state index < -0.39 is 40.3 Å². The summed E-state index contributed by atoms with van der Waals surface area (Å²) in [5.74, 6) is 0.963. The number of hydrogen-bond acceptors (Lipinski definition) is 13. The SMILES string of the molecule is CN1CC23C4=c5ccc6c7ccc8c9ccc%10c%11ccc%12c%13c(c%14c%15c2c5c6c2c7c8c5c9c%10c(c%13%11)c%14c5c%152)C3(C=%12C=C4)C1c1ccc(OCCCOP(=O)(O)OCC[N+](C)(C)C)c(OCCCOP(=O)(O)OCC[N+](C)(C)C)c1OCCCOP(=O)(O)OC[N+](C)(C)C. The van der Waals surface area contributed by atoms with Crippen molar-refractivity contribution in [2.45, 2.75) is 36.1 Å². The summed E-state index contributed by atoms with van der Waals surface area (Å²) in [4.78, 5) is 34.8. The molecule has 0 bridgehead atoms. The van der Waals surface area contributed by atoms with Gasteiger partial charge in [-0.25, -0.2) is 18.2 Å². The Morgan fingerprint density at radius 3 is 1.32 bits per heavy atom. The Balaban J connectivity index is 0.815. The van der Waals surface area contributed by atoms with Crippen molar-refractivity contribution in [1.29, 1.82) is 0 Å². The van der Waals surface area contributed by atoms with Crippen molar-refractivity contribution in [3.63, 3.8) is 0 Å². The van der Waals surface area contributed by atoms with Gasteiger partial charge >= 0.3 is 23.5 Å². The maximum absolute atomic E-state index is 13.3. The maximum atomic E-state index is 13.3. The molecule has 5 aliphatic rings. The molecule has 94 heavy (non-hydrogen) atoms. The molecule has 486 valence electrons. The van der Waals surface area contributed by atoms with Gasteiger partial charge < -0.3 is 42.3 Å². The van der Waals surface area contributed by atoms with Crippen LogP contribution in [0.5, 0.6) is 17.2 Å². The molecule has 4 aliphatic carbocycles. The number of nitrogens with zero attached hydrogens (tertiary/aromatic N) is 4. The largest absolute Gasteiger partial charge is 0.489 e. The number of phosphoric ester groups is 3. The van der Waals surface area contributed by atoms with E-state index in [9.17, 15) is 28.4 Å². The molecule has 22 heteroatoms. The van der Waals surface area contributed by atoms with Crippen molar-refractivity contribution in [2.24, 2.45) is 0 Å². The van der Waals surface area contributed by atoms with Crippen molar-refractivity contribution in [3.8, 4) is 17.2 Å². The van der Waals surface area contributed by atoms with Gasteiger partial charge in [-0.05, 0) is 170 Å². The number of rotatable bonds is 30. The monoisotopic (exact) mass is 1330 g/mol. The van der Waals surface area contributed by atoms with Gasteiger partial charge in [-0.2, -0.15) is 0 Å². The summed E-state index contributed by atoms with van der Waals surface area (Å²) in [6, 6.07) is 22.8. The van der Waals surface area contributed by atoms with E-state index in [0.29, 0.717) is 40.1 Å². The quantitative estimate of drug-likeness (QED) is 0.0126. The zero-order valence-corrected chi connectivity index (χ0v) is 57.2. The van der Waals surface area contributed by atoms with E-state index in [1.165, 1.54) is 151 Å². The van der Waals surface area contributed by atoms with Crippen LogP contribution >= 0.6 is 23.5 Å². The van der Waals surface area contributed by atoms with Crippen LogP contribution in [0.3, 0.4) is 0 Å². The predicted molar refractivity (Wildman–Crippen MR) is 368 cm³/mol. The molecule has 13 aromatic rings. The van der Waals surface area contributed by atoms with Crippen molar-refractivity contribution >= 4 is 153 Å². The zero-order valence-electron chi connectivity index (χ0n) is 54.5. The lowest BCUT2D eigenvalue weighted by Gasteiger charge is -2.52. The molecule has 19 nitrogen and oxygen atoms in total. The molecular weight excluding hydrogens is 1250 g/mol. The molecule has 0 aromatic heterocycles. The maximum Gasteiger partial charge on any atom is 0.476 e. The van der Waals surface area contributed by atoms with Crippen LogP contribution < -0.4 is 24.6 Å². The molecule has 0 radical (unpaired) electrons. The summed E-state index contributed by atoms with van der Waals surface area (Å²) >= 11 is 0. The van der Waals surface area contributed by atoms with Gasteiger partial charge in [0.25, 0.3) is 0 Å². The Morgan fingerprint density at radius 2 is 0.819 bits per heavy atom. The van der Waals surface area contributed by atoms with E-state index in [1.807, 2.05) is 69.5 Å². The second kappa shape index (κ2) is 19.8. The molecule has 0 saturated carbocycles. The van der Waals surface area contributed by atoms with Crippen LogP contribution in [0.2, 0.25) is 0 Å². The molecule has 6 unspecified atom stereocenters. The topological polar surface area (TPSA) is 198 Å². The summed E-state index contributed by atoms with van der Waals surface area (Å²) < 4.78 is 94.5. The van der Waals surface area contributed by atoms with Gasteiger partial charge in [0.2, 0.25) is 5.75 Å². The lowest BCUT2D eigenvalue weighted by atomic mass is 9.47. The van der Waals surface area contributed by atoms with Gasteiger partial charge in [-0.3, -0.25) is 27.5 Å². The molecule has 3 N–H and O–H groups in total.